The lowest BCUT2D eigenvalue weighted by Gasteiger charge is -2.17. The third kappa shape index (κ3) is 4.60. The first-order valence-electron chi connectivity index (χ1n) is 7.08. The van der Waals surface area contributed by atoms with Gasteiger partial charge < -0.3 is 20.5 Å². The van der Waals surface area contributed by atoms with Crippen molar-refractivity contribution < 1.29 is 19.0 Å². The Morgan fingerprint density at radius 1 is 1.43 bits per heavy atom. The largest absolute Gasteiger partial charge is 0.486 e. The predicted molar refractivity (Wildman–Crippen MR) is 76.6 cm³/mol. The van der Waals surface area contributed by atoms with Gasteiger partial charge in [-0.05, 0) is 31.9 Å². The maximum Gasteiger partial charge on any atom is 0.314 e. The number of urea groups is 1. The van der Waals surface area contributed by atoms with Gasteiger partial charge in [0.15, 0.2) is 11.6 Å². The smallest absolute Gasteiger partial charge is 0.314 e. The van der Waals surface area contributed by atoms with Crippen molar-refractivity contribution in [3.63, 3.8) is 0 Å². The molecule has 0 saturated heterocycles. The Morgan fingerprint density at radius 2 is 2.14 bits per heavy atom. The molecule has 1 fully saturated rings. The lowest BCUT2D eigenvalue weighted by molar-refractivity contribution is 0.193. The summed E-state index contributed by atoms with van der Waals surface area (Å²) in [5, 5.41) is 14.5. The zero-order chi connectivity index (χ0) is 15.3. The summed E-state index contributed by atoms with van der Waals surface area (Å²) in [7, 11) is 0. The van der Waals surface area contributed by atoms with Crippen LogP contribution in [0.5, 0.6) is 5.75 Å². The highest BCUT2D eigenvalue weighted by Crippen LogP contribution is 2.44. The van der Waals surface area contributed by atoms with Crippen LogP contribution in [0.2, 0.25) is 0 Å². The van der Waals surface area contributed by atoms with Gasteiger partial charge in [0, 0.05) is 12.0 Å². The first-order chi connectivity index (χ1) is 10.0. The van der Waals surface area contributed by atoms with Crippen LogP contribution in [0, 0.1) is 11.2 Å². The fourth-order valence-corrected chi connectivity index (χ4v) is 1.93. The van der Waals surface area contributed by atoms with E-state index in [1.165, 1.54) is 6.07 Å². The van der Waals surface area contributed by atoms with Gasteiger partial charge in [0.25, 0.3) is 0 Å². The van der Waals surface area contributed by atoms with Gasteiger partial charge in [-0.2, -0.15) is 0 Å². The number of amides is 2. The van der Waals surface area contributed by atoms with Crippen molar-refractivity contribution in [3.8, 4) is 5.75 Å². The molecule has 1 aliphatic carbocycles. The number of aliphatic hydroxyl groups excluding tert-OH is 1. The molecule has 0 spiro atoms. The highest BCUT2D eigenvalue weighted by atomic mass is 19.1. The van der Waals surface area contributed by atoms with Gasteiger partial charge >= 0.3 is 6.03 Å². The summed E-state index contributed by atoms with van der Waals surface area (Å²) in [5.74, 6) is -0.253. The number of rotatable bonds is 7. The maximum absolute atomic E-state index is 13.4. The molecule has 5 nitrogen and oxygen atoms in total. The predicted octanol–water partition coefficient (Wildman–Crippen LogP) is 1.66. The fraction of sp³-hybridized carbons (Fsp3) is 0.533. The van der Waals surface area contributed by atoms with E-state index in [2.05, 4.69) is 10.6 Å². The highest BCUT2D eigenvalue weighted by molar-refractivity contribution is 5.73. The molecular formula is C15H21FN2O3. The summed E-state index contributed by atoms with van der Waals surface area (Å²) < 4.78 is 18.8. The number of halogens is 1. The number of carbonyl (C=O) groups is 1. The van der Waals surface area contributed by atoms with E-state index in [0.29, 0.717) is 6.54 Å². The molecule has 0 heterocycles. The molecule has 0 bridgehead atoms. The fourth-order valence-electron chi connectivity index (χ4n) is 1.93. The van der Waals surface area contributed by atoms with Crippen LogP contribution in [0.1, 0.15) is 19.8 Å². The van der Waals surface area contributed by atoms with Crippen LogP contribution in [0.3, 0.4) is 0 Å². The van der Waals surface area contributed by atoms with E-state index in [1.54, 1.807) is 25.1 Å². The first kappa shape index (κ1) is 15.6. The third-order valence-electron chi connectivity index (χ3n) is 3.63. The molecule has 21 heavy (non-hydrogen) atoms. The van der Waals surface area contributed by atoms with E-state index >= 15 is 0 Å². The molecule has 1 saturated carbocycles. The van der Waals surface area contributed by atoms with Gasteiger partial charge in [0.2, 0.25) is 0 Å². The van der Waals surface area contributed by atoms with Gasteiger partial charge in [0.05, 0.1) is 13.2 Å². The number of carbonyl (C=O) groups excluding carboxylic acids is 1. The van der Waals surface area contributed by atoms with Crippen molar-refractivity contribution in [1.82, 2.24) is 10.6 Å². The lowest BCUT2D eigenvalue weighted by atomic mass is 10.1. The Hall–Kier alpha value is -1.82. The minimum absolute atomic E-state index is 0.0973. The molecule has 1 aromatic rings. The second-order valence-electron chi connectivity index (χ2n) is 5.58. The van der Waals surface area contributed by atoms with Crippen LogP contribution < -0.4 is 15.4 Å². The number of nitrogens with one attached hydrogen (secondary N) is 2. The number of ether oxygens (including phenoxy) is 1. The molecule has 1 aliphatic rings. The molecular weight excluding hydrogens is 275 g/mol. The molecule has 116 valence electrons. The molecule has 0 aliphatic heterocycles. The van der Waals surface area contributed by atoms with Crippen LogP contribution in [0.15, 0.2) is 24.3 Å². The molecule has 2 rings (SSSR count). The van der Waals surface area contributed by atoms with Gasteiger partial charge in [-0.15, -0.1) is 0 Å². The van der Waals surface area contributed by atoms with E-state index in [9.17, 15) is 9.18 Å². The van der Waals surface area contributed by atoms with Gasteiger partial charge in [-0.3, -0.25) is 0 Å². The number of hydrogen-bond acceptors (Lipinski definition) is 3. The van der Waals surface area contributed by atoms with Gasteiger partial charge in [-0.1, -0.05) is 12.1 Å². The summed E-state index contributed by atoms with van der Waals surface area (Å²) in [4.78, 5) is 11.6. The van der Waals surface area contributed by atoms with Crippen LogP contribution in [-0.2, 0) is 0 Å². The molecule has 0 radical (unpaired) electrons. The molecule has 1 unspecified atom stereocenters. The van der Waals surface area contributed by atoms with E-state index in [4.69, 9.17) is 9.84 Å². The average molecular weight is 296 g/mol. The third-order valence-corrected chi connectivity index (χ3v) is 3.63. The second-order valence-corrected chi connectivity index (χ2v) is 5.58. The van der Waals surface area contributed by atoms with Crippen molar-refractivity contribution in [3.05, 3.63) is 30.1 Å². The number of benzene rings is 1. The molecule has 2 amide bonds. The van der Waals surface area contributed by atoms with E-state index in [-0.39, 0.29) is 36.5 Å². The topological polar surface area (TPSA) is 70.6 Å². The van der Waals surface area contributed by atoms with Crippen molar-refractivity contribution in [1.29, 1.82) is 0 Å². The first-order valence-corrected chi connectivity index (χ1v) is 7.08. The quantitative estimate of drug-likeness (QED) is 0.717. The van der Waals surface area contributed by atoms with Crippen molar-refractivity contribution in [2.75, 3.05) is 19.7 Å². The molecule has 1 aromatic carbocycles. The monoisotopic (exact) mass is 296 g/mol. The second kappa shape index (κ2) is 6.76. The average Bonchev–Trinajstić information content (AvgIpc) is 3.26. The van der Waals surface area contributed by atoms with Gasteiger partial charge in [0.1, 0.15) is 6.10 Å². The summed E-state index contributed by atoms with van der Waals surface area (Å²) in [6.07, 6.45) is 1.54. The molecule has 3 N–H and O–H groups in total. The number of aliphatic hydroxyl groups is 1. The van der Waals surface area contributed by atoms with Crippen LogP contribution in [0.4, 0.5) is 9.18 Å². The summed E-state index contributed by atoms with van der Waals surface area (Å²) in [5.41, 5.74) is -0.118. The van der Waals surface area contributed by atoms with Crippen molar-refractivity contribution in [2.24, 2.45) is 5.41 Å². The zero-order valence-electron chi connectivity index (χ0n) is 12.1. The van der Waals surface area contributed by atoms with Crippen LogP contribution in [-0.4, -0.2) is 36.9 Å². The SMILES string of the molecule is CC(CNC(=O)NCC1(CO)CC1)Oc1ccccc1F. The Morgan fingerprint density at radius 3 is 2.76 bits per heavy atom. The van der Waals surface area contributed by atoms with Crippen LogP contribution >= 0.6 is 0 Å². The van der Waals surface area contributed by atoms with E-state index in [1.807, 2.05) is 0 Å². The Kier molecular flexibility index (Phi) is 5.01. The summed E-state index contributed by atoms with van der Waals surface area (Å²) in [6.45, 7) is 2.59. The Balaban J connectivity index is 1.67. The normalized spacial score (nSPS) is 16.9. The standard InChI is InChI=1S/C15H21FN2O3/c1-11(21-13-5-3-2-4-12(13)16)8-17-14(20)18-9-15(10-19)6-7-15/h2-5,11,19H,6-10H2,1H3,(H2,17,18,20). The minimum atomic E-state index is -0.424. The zero-order valence-corrected chi connectivity index (χ0v) is 12.1. The number of hydrogen-bond donors (Lipinski definition) is 3. The molecule has 6 heteroatoms. The Labute approximate surface area is 123 Å². The lowest BCUT2D eigenvalue weighted by Crippen LogP contribution is -2.43. The molecule has 0 aromatic heterocycles. The number of para-hydroxylation sites is 1. The van der Waals surface area contributed by atoms with E-state index < -0.39 is 5.82 Å². The van der Waals surface area contributed by atoms with E-state index in [0.717, 1.165) is 12.8 Å². The summed E-state index contributed by atoms with van der Waals surface area (Å²) >= 11 is 0. The van der Waals surface area contributed by atoms with Crippen LogP contribution in [0.25, 0.3) is 0 Å². The highest BCUT2D eigenvalue weighted by Gasteiger charge is 2.42. The minimum Gasteiger partial charge on any atom is -0.486 e. The Bertz CT molecular complexity index is 492. The van der Waals surface area contributed by atoms with Crippen molar-refractivity contribution >= 4 is 6.03 Å². The van der Waals surface area contributed by atoms with Crippen molar-refractivity contribution in [2.45, 2.75) is 25.9 Å². The molecule has 1 atom stereocenters. The van der Waals surface area contributed by atoms with Gasteiger partial charge in [-0.25, -0.2) is 9.18 Å². The maximum atomic E-state index is 13.4. The summed E-state index contributed by atoms with van der Waals surface area (Å²) in [6, 6.07) is 5.84.